The normalized spacial score (nSPS) is 18.5. The zero-order valence-corrected chi connectivity index (χ0v) is 19.5. The van der Waals surface area contributed by atoms with E-state index in [-0.39, 0.29) is 40.9 Å². The van der Waals surface area contributed by atoms with E-state index in [1.807, 2.05) is 18.7 Å². The van der Waals surface area contributed by atoms with Crippen LogP contribution >= 0.6 is 0 Å². The summed E-state index contributed by atoms with van der Waals surface area (Å²) in [5.41, 5.74) is 1.42. The van der Waals surface area contributed by atoms with Crippen LogP contribution in [0.4, 0.5) is 0 Å². The second-order valence-electron chi connectivity index (χ2n) is 8.20. The highest BCUT2D eigenvalue weighted by atomic mass is 16.5. The first-order chi connectivity index (χ1) is 15.9. The van der Waals surface area contributed by atoms with Gasteiger partial charge < -0.3 is 14.4 Å². The van der Waals surface area contributed by atoms with Crippen molar-refractivity contribution in [3.8, 4) is 11.4 Å². The zero-order chi connectivity index (χ0) is 23.7. The van der Waals surface area contributed by atoms with Crippen LogP contribution in [-0.4, -0.2) is 70.8 Å². The molecule has 0 bridgehead atoms. The van der Waals surface area contributed by atoms with Crippen molar-refractivity contribution >= 4 is 17.4 Å². The molecule has 0 saturated carbocycles. The number of rotatable bonds is 8. The van der Waals surface area contributed by atoms with E-state index in [9.17, 15) is 14.4 Å². The maximum Gasteiger partial charge on any atom is 0.279 e. The molecule has 1 unspecified atom stereocenters. The van der Waals surface area contributed by atoms with Gasteiger partial charge in [0, 0.05) is 25.4 Å². The number of likely N-dealkylation sites (N-methyl/N-ethyl adjacent to an activating group) is 1. The molecule has 0 radical (unpaired) electrons. The Bertz CT molecular complexity index is 1130. The maximum absolute atomic E-state index is 13.6. The van der Waals surface area contributed by atoms with Crippen molar-refractivity contribution in [3.63, 3.8) is 0 Å². The number of amides is 2. The average molecular weight is 455 g/mol. The lowest BCUT2D eigenvalue weighted by Gasteiger charge is -2.23. The number of ether oxygens (including phenoxy) is 2. The smallest absolute Gasteiger partial charge is 0.279 e. The Kier molecular flexibility index (Phi) is 6.42. The van der Waals surface area contributed by atoms with E-state index in [1.54, 1.807) is 38.3 Å². The van der Waals surface area contributed by atoms with Gasteiger partial charge in [0.1, 0.15) is 11.4 Å². The largest absolute Gasteiger partial charge is 0.497 e. The topological polar surface area (TPSA) is 96.9 Å². The van der Waals surface area contributed by atoms with E-state index in [0.29, 0.717) is 36.8 Å². The molecule has 3 heterocycles. The van der Waals surface area contributed by atoms with E-state index < -0.39 is 5.91 Å². The third-order valence-corrected chi connectivity index (χ3v) is 6.29. The van der Waals surface area contributed by atoms with Crippen LogP contribution in [0.5, 0.6) is 5.75 Å². The fourth-order valence-corrected chi connectivity index (χ4v) is 4.53. The van der Waals surface area contributed by atoms with Crippen molar-refractivity contribution < 1.29 is 19.1 Å². The highest BCUT2D eigenvalue weighted by molar-refractivity contribution is 6.35. The number of nitrogens with one attached hydrogen (secondary N) is 1. The van der Waals surface area contributed by atoms with Gasteiger partial charge in [0.05, 0.1) is 36.6 Å². The number of aryl methyl sites for hydroxylation is 1. The van der Waals surface area contributed by atoms with Crippen molar-refractivity contribution in [1.82, 2.24) is 19.6 Å². The summed E-state index contributed by atoms with van der Waals surface area (Å²) in [7, 11) is 1.57. The molecule has 33 heavy (non-hydrogen) atoms. The number of carbonyl (C=O) groups excluding carboxylic acids is 2. The number of nitrogens with zero attached hydrogens (tertiary/aromatic N) is 3. The number of aromatic nitrogens is 2. The van der Waals surface area contributed by atoms with Crippen LogP contribution < -0.4 is 10.3 Å². The van der Waals surface area contributed by atoms with Crippen molar-refractivity contribution in [2.75, 3.05) is 33.4 Å². The molecule has 4 rings (SSSR count). The standard InChI is InChI=1S/C24H30N4O5/c1-5-26(6-2)21-20(22(29)27(24(21)31)14-18-8-7-13-33-18)19-15(3)25-28(23(19)30)16-9-11-17(32-4)12-10-16/h9-12,18,25H,5-8,13-14H2,1-4H3. The summed E-state index contributed by atoms with van der Waals surface area (Å²) in [6.45, 7) is 7.50. The lowest BCUT2D eigenvalue weighted by Crippen LogP contribution is -2.40. The van der Waals surface area contributed by atoms with Crippen LogP contribution in [0.2, 0.25) is 0 Å². The molecule has 2 aliphatic heterocycles. The summed E-state index contributed by atoms with van der Waals surface area (Å²) < 4.78 is 12.2. The van der Waals surface area contributed by atoms with Crippen LogP contribution in [0, 0.1) is 6.92 Å². The molecule has 176 valence electrons. The van der Waals surface area contributed by atoms with Crippen LogP contribution in [0.15, 0.2) is 34.8 Å². The third kappa shape index (κ3) is 3.97. The van der Waals surface area contributed by atoms with Crippen LogP contribution in [0.3, 0.4) is 0 Å². The molecule has 1 aromatic heterocycles. The number of aromatic amines is 1. The maximum atomic E-state index is 13.6. The summed E-state index contributed by atoms with van der Waals surface area (Å²) in [4.78, 5) is 43.6. The minimum absolute atomic E-state index is 0.160. The van der Waals surface area contributed by atoms with Gasteiger partial charge in [-0.15, -0.1) is 0 Å². The molecular formula is C24H30N4O5. The first-order valence-electron chi connectivity index (χ1n) is 11.3. The third-order valence-electron chi connectivity index (χ3n) is 6.29. The molecule has 1 N–H and O–H groups in total. The highest BCUT2D eigenvalue weighted by Gasteiger charge is 2.44. The van der Waals surface area contributed by atoms with E-state index in [4.69, 9.17) is 9.47 Å². The van der Waals surface area contributed by atoms with Crippen molar-refractivity contribution in [3.05, 3.63) is 51.6 Å². The lowest BCUT2D eigenvalue weighted by molar-refractivity contribution is -0.139. The summed E-state index contributed by atoms with van der Waals surface area (Å²) in [6.07, 6.45) is 1.55. The molecule has 2 aromatic rings. The predicted molar refractivity (Wildman–Crippen MR) is 123 cm³/mol. The second-order valence-corrected chi connectivity index (χ2v) is 8.20. The number of imide groups is 1. The first kappa shape index (κ1) is 22.8. The zero-order valence-electron chi connectivity index (χ0n) is 19.5. The quantitative estimate of drug-likeness (QED) is 0.614. The minimum Gasteiger partial charge on any atom is -0.497 e. The van der Waals surface area contributed by atoms with Gasteiger partial charge in [-0.3, -0.25) is 24.4 Å². The van der Waals surface area contributed by atoms with Crippen LogP contribution in [0.25, 0.3) is 11.3 Å². The van der Waals surface area contributed by atoms with Gasteiger partial charge in [0.15, 0.2) is 0 Å². The molecule has 2 amide bonds. The Morgan fingerprint density at radius 2 is 1.82 bits per heavy atom. The molecule has 2 aliphatic rings. The lowest BCUT2D eigenvalue weighted by atomic mass is 10.0. The van der Waals surface area contributed by atoms with E-state index in [0.717, 1.165) is 12.8 Å². The van der Waals surface area contributed by atoms with Gasteiger partial charge in [-0.1, -0.05) is 0 Å². The number of benzene rings is 1. The number of methoxy groups -OCH3 is 1. The van der Waals surface area contributed by atoms with Crippen molar-refractivity contribution in [1.29, 1.82) is 0 Å². The Hall–Kier alpha value is -3.33. The summed E-state index contributed by atoms with van der Waals surface area (Å²) >= 11 is 0. The SMILES string of the molecule is CCN(CC)C1=C(c2c(C)[nH]n(-c3ccc(OC)cc3)c2=O)C(=O)N(CC2CCCO2)C1=O. The van der Waals surface area contributed by atoms with Gasteiger partial charge in [-0.05, 0) is 57.9 Å². The number of carbonyl (C=O) groups is 2. The van der Waals surface area contributed by atoms with Gasteiger partial charge in [0.25, 0.3) is 17.4 Å². The van der Waals surface area contributed by atoms with E-state index >= 15 is 0 Å². The first-order valence-corrected chi connectivity index (χ1v) is 11.3. The summed E-state index contributed by atoms with van der Waals surface area (Å²) in [5, 5.41) is 3.07. The number of hydrogen-bond acceptors (Lipinski definition) is 6. The Balaban J connectivity index is 1.81. The average Bonchev–Trinajstić information content (AvgIpc) is 3.50. The monoisotopic (exact) mass is 454 g/mol. The molecule has 9 heteroatoms. The van der Waals surface area contributed by atoms with Gasteiger partial charge in [-0.25, -0.2) is 4.68 Å². The van der Waals surface area contributed by atoms with Gasteiger partial charge in [0.2, 0.25) is 0 Å². The molecule has 1 fully saturated rings. The fourth-order valence-electron chi connectivity index (χ4n) is 4.53. The van der Waals surface area contributed by atoms with E-state index in [1.165, 1.54) is 9.58 Å². The number of H-pyrrole nitrogens is 1. The second kappa shape index (κ2) is 9.27. The molecule has 1 atom stereocenters. The molecule has 0 spiro atoms. The number of hydrogen-bond donors (Lipinski definition) is 1. The van der Waals surface area contributed by atoms with Gasteiger partial charge >= 0.3 is 0 Å². The molecule has 1 aromatic carbocycles. The highest BCUT2D eigenvalue weighted by Crippen LogP contribution is 2.32. The van der Waals surface area contributed by atoms with Crippen molar-refractivity contribution in [2.45, 2.75) is 39.7 Å². The molecular weight excluding hydrogens is 424 g/mol. The predicted octanol–water partition coefficient (Wildman–Crippen LogP) is 2.08. The Labute approximate surface area is 192 Å². The molecule has 0 aliphatic carbocycles. The minimum atomic E-state index is -0.446. The Morgan fingerprint density at radius 3 is 2.39 bits per heavy atom. The summed E-state index contributed by atoms with van der Waals surface area (Å²) in [5.74, 6) is -0.146. The van der Waals surface area contributed by atoms with E-state index in [2.05, 4.69) is 5.10 Å². The fraction of sp³-hybridized carbons (Fsp3) is 0.458. The summed E-state index contributed by atoms with van der Waals surface area (Å²) in [6, 6.07) is 7.02. The van der Waals surface area contributed by atoms with Crippen LogP contribution in [0.1, 0.15) is 37.9 Å². The van der Waals surface area contributed by atoms with Gasteiger partial charge in [-0.2, -0.15) is 0 Å². The molecule has 9 nitrogen and oxygen atoms in total. The van der Waals surface area contributed by atoms with Crippen molar-refractivity contribution in [2.24, 2.45) is 0 Å². The van der Waals surface area contributed by atoms with Crippen LogP contribution in [-0.2, 0) is 14.3 Å². The Morgan fingerprint density at radius 1 is 1.12 bits per heavy atom. The molecule has 1 saturated heterocycles.